The molecule has 2 aromatic heterocycles. The second-order valence-electron chi connectivity index (χ2n) is 3.09. The molecule has 2 heterocycles. The van der Waals surface area contributed by atoms with Gasteiger partial charge in [0, 0.05) is 6.20 Å². The third-order valence-corrected chi connectivity index (χ3v) is 2.23. The molecule has 0 atom stereocenters. The van der Waals surface area contributed by atoms with Gasteiger partial charge in [-0.2, -0.15) is 0 Å². The van der Waals surface area contributed by atoms with E-state index in [0.29, 0.717) is 17.4 Å². The first kappa shape index (κ1) is 10.1. The maximum Gasteiger partial charge on any atom is 0.135 e. The summed E-state index contributed by atoms with van der Waals surface area (Å²) in [6, 6.07) is 5.65. The topological polar surface area (TPSA) is 53.6 Å². The molecule has 0 aliphatic rings. The summed E-state index contributed by atoms with van der Waals surface area (Å²) >= 11 is 6.03. The monoisotopic (exact) mass is 222 g/mol. The quantitative estimate of drug-likeness (QED) is 0.834. The van der Waals surface area contributed by atoms with Gasteiger partial charge >= 0.3 is 0 Å². The predicted molar refractivity (Wildman–Crippen MR) is 59.6 cm³/mol. The fraction of sp³-hybridized carbons (Fsp3) is 0.200. The van der Waals surface area contributed by atoms with E-state index in [0.717, 1.165) is 11.5 Å². The summed E-state index contributed by atoms with van der Waals surface area (Å²) in [5.41, 5.74) is 1.48. The Morgan fingerprint density at radius 1 is 1.47 bits per heavy atom. The second-order valence-corrected chi connectivity index (χ2v) is 3.47. The number of pyridine rings is 1. The van der Waals surface area contributed by atoms with E-state index in [9.17, 15) is 0 Å². The molecule has 0 saturated carbocycles. The summed E-state index contributed by atoms with van der Waals surface area (Å²) in [6.45, 7) is 0.659. The highest BCUT2D eigenvalue weighted by atomic mass is 35.5. The van der Waals surface area contributed by atoms with Crippen molar-refractivity contribution in [1.82, 2.24) is 20.3 Å². The summed E-state index contributed by atoms with van der Waals surface area (Å²) in [5.74, 6) is 0.808. The zero-order valence-corrected chi connectivity index (χ0v) is 9.04. The van der Waals surface area contributed by atoms with Gasteiger partial charge in [-0.3, -0.25) is 4.98 Å². The number of H-pyrrole nitrogens is 1. The Bertz CT molecular complexity index is 438. The van der Waals surface area contributed by atoms with E-state index in [1.807, 2.05) is 25.2 Å². The molecule has 15 heavy (non-hydrogen) atoms. The Balaban J connectivity index is 2.36. The number of halogens is 1. The fourth-order valence-electron chi connectivity index (χ4n) is 1.32. The number of hydrogen-bond donors (Lipinski definition) is 2. The molecule has 0 spiro atoms. The summed E-state index contributed by atoms with van der Waals surface area (Å²) < 4.78 is 0. The van der Waals surface area contributed by atoms with Gasteiger partial charge in [0.1, 0.15) is 16.7 Å². The fourth-order valence-corrected chi connectivity index (χ4v) is 1.57. The molecular formula is C10H11ClN4. The Morgan fingerprint density at radius 2 is 2.33 bits per heavy atom. The van der Waals surface area contributed by atoms with Crippen molar-refractivity contribution in [3.8, 4) is 11.4 Å². The SMILES string of the molecule is CNCc1nc(-c2ccccn2)c(Cl)[nH]1. The van der Waals surface area contributed by atoms with Crippen LogP contribution in [0.2, 0.25) is 5.15 Å². The smallest absolute Gasteiger partial charge is 0.135 e. The molecule has 0 fully saturated rings. The van der Waals surface area contributed by atoms with Crippen molar-refractivity contribution < 1.29 is 0 Å². The van der Waals surface area contributed by atoms with Gasteiger partial charge in [-0.15, -0.1) is 0 Å². The molecule has 0 aromatic carbocycles. The first-order valence-corrected chi connectivity index (χ1v) is 4.99. The molecule has 2 rings (SSSR count). The minimum Gasteiger partial charge on any atom is -0.331 e. The summed E-state index contributed by atoms with van der Waals surface area (Å²) in [5, 5.41) is 3.53. The van der Waals surface area contributed by atoms with Crippen LogP contribution in [0.1, 0.15) is 5.82 Å². The van der Waals surface area contributed by atoms with Crippen molar-refractivity contribution in [2.24, 2.45) is 0 Å². The van der Waals surface area contributed by atoms with Crippen molar-refractivity contribution in [2.75, 3.05) is 7.05 Å². The lowest BCUT2D eigenvalue weighted by molar-refractivity contribution is 0.772. The third-order valence-electron chi connectivity index (χ3n) is 1.96. The number of aromatic nitrogens is 3. The number of nitrogens with one attached hydrogen (secondary N) is 2. The molecule has 2 aromatic rings. The standard InChI is InChI=1S/C10H11ClN4/c1-12-6-8-14-9(10(11)15-8)7-4-2-3-5-13-7/h2-5,12H,6H2,1H3,(H,14,15). The molecule has 0 saturated heterocycles. The van der Waals surface area contributed by atoms with Crippen molar-refractivity contribution in [3.05, 3.63) is 35.4 Å². The maximum absolute atomic E-state index is 6.03. The van der Waals surface area contributed by atoms with Gasteiger partial charge in [-0.1, -0.05) is 17.7 Å². The highest BCUT2D eigenvalue weighted by Crippen LogP contribution is 2.23. The highest BCUT2D eigenvalue weighted by Gasteiger charge is 2.10. The van der Waals surface area contributed by atoms with E-state index < -0.39 is 0 Å². The van der Waals surface area contributed by atoms with Crippen molar-refractivity contribution in [1.29, 1.82) is 0 Å². The molecule has 2 N–H and O–H groups in total. The summed E-state index contributed by atoms with van der Waals surface area (Å²) in [4.78, 5) is 11.5. The first-order valence-electron chi connectivity index (χ1n) is 4.61. The maximum atomic E-state index is 6.03. The van der Waals surface area contributed by atoms with E-state index in [2.05, 4.69) is 20.3 Å². The molecule has 5 heteroatoms. The van der Waals surface area contributed by atoms with Gasteiger partial charge in [0.2, 0.25) is 0 Å². The van der Waals surface area contributed by atoms with Crippen molar-refractivity contribution >= 4 is 11.6 Å². The zero-order valence-electron chi connectivity index (χ0n) is 8.29. The van der Waals surface area contributed by atoms with Crippen LogP contribution < -0.4 is 5.32 Å². The summed E-state index contributed by atoms with van der Waals surface area (Å²) in [6.07, 6.45) is 1.72. The Hall–Kier alpha value is -1.39. The lowest BCUT2D eigenvalue weighted by Crippen LogP contribution is -2.06. The Morgan fingerprint density at radius 3 is 3.00 bits per heavy atom. The van der Waals surface area contributed by atoms with Crippen LogP contribution in [0.15, 0.2) is 24.4 Å². The molecule has 0 aliphatic heterocycles. The van der Waals surface area contributed by atoms with E-state index in [1.54, 1.807) is 6.20 Å². The molecular weight excluding hydrogens is 212 g/mol. The molecule has 0 amide bonds. The van der Waals surface area contributed by atoms with Crippen molar-refractivity contribution in [2.45, 2.75) is 6.54 Å². The lowest BCUT2D eigenvalue weighted by atomic mass is 10.3. The van der Waals surface area contributed by atoms with E-state index in [1.165, 1.54) is 0 Å². The normalized spacial score (nSPS) is 10.5. The van der Waals surface area contributed by atoms with Gasteiger partial charge in [0.25, 0.3) is 0 Å². The number of aromatic amines is 1. The molecule has 0 unspecified atom stereocenters. The first-order chi connectivity index (χ1) is 7.31. The number of imidazole rings is 1. The predicted octanol–water partition coefficient (Wildman–Crippen LogP) is 1.84. The Labute approximate surface area is 92.7 Å². The van der Waals surface area contributed by atoms with Gasteiger partial charge < -0.3 is 10.3 Å². The summed E-state index contributed by atoms with van der Waals surface area (Å²) in [7, 11) is 1.86. The van der Waals surface area contributed by atoms with Gasteiger partial charge in [-0.05, 0) is 19.2 Å². The Kier molecular flexibility index (Phi) is 2.99. The van der Waals surface area contributed by atoms with E-state index >= 15 is 0 Å². The number of nitrogens with zero attached hydrogens (tertiary/aromatic N) is 2. The molecule has 0 bridgehead atoms. The van der Waals surface area contributed by atoms with Crippen LogP contribution in [-0.4, -0.2) is 22.0 Å². The third kappa shape index (κ3) is 2.16. The minimum atomic E-state index is 0.527. The lowest BCUT2D eigenvalue weighted by Gasteiger charge is -1.94. The zero-order chi connectivity index (χ0) is 10.7. The average molecular weight is 223 g/mol. The van der Waals surface area contributed by atoms with Gasteiger partial charge in [0.15, 0.2) is 0 Å². The van der Waals surface area contributed by atoms with Crippen molar-refractivity contribution in [3.63, 3.8) is 0 Å². The van der Waals surface area contributed by atoms with E-state index in [-0.39, 0.29) is 0 Å². The largest absolute Gasteiger partial charge is 0.331 e. The molecule has 0 radical (unpaired) electrons. The number of hydrogen-bond acceptors (Lipinski definition) is 3. The van der Waals surface area contributed by atoms with Crippen LogP contribution in [0.25, 0.3) is 11.4 Å². The van der Waals surface area contributed by atoms with E-state index in [4.69, 9.17) is 11.6 Å². The molecule has 0 aliphatic carbocycles. The molecule has 4 nitrogen and oxygen atoms in total. The van der Waals surface area contributed by atoms with Gasteiger partial charge in [-0.25, -0.2) is 4.98 Å². The average Bonchev–Trinajstić information content (AvgIpc) is 2.61. The van der Waals surface area contributed by atoms with Crippen LogP contribution in [0.5, 0.6) is 0 Å². The molecule has 78 valence electrons. The van der Waals surface area contributed by atoms with Crippen LogP contribution in [0, 0.1) is 0 Å². The van der Waals surface area contributed by atoms with Gasteiger partial charge in [0.05, 0.1) is 12.2 Å². The number of rotatable bonds is 3. The highest BCUT2D eigenvalue weighted by molar-refractivity contribution is 6.31. The minimum absolute atomic E-state index is 0.527. The second kappa shape index (κ2) is 4.42. The van der Waals surface area contributed by atoms with Crippen LogP contribution in [-0.2, 0) is 6.54 Å². The van der Waals surface area contributed by atoms with Crippen LogP contribution in [0.4, 0.5) is 0 Å². The van der Waals surface area contributed by atoms with Crippen LogP contribution in [0.3, 0.4) is 0 Å². The van der Waals surface area contributed by atoms with Crippen LogP contribution >= 0.6 is 11.6 Å².